The minimum Gasteiger partial charge on any atom is -0.292 e. The third-order valence-corrected chi connectivity index (χ3v) is 9.16. The summed E-state index contributed by atoms with van der Waals surface area (Å²) < 4.78 is 57.4. The fraction of sp³-hybridized carbons (Fsp3) is 0.444. The molecule has 0 saturated carbocycles. The summed E-state index contributed by atoms with van der Waals surface area (Å²) in [4.78, 5) is 13.7. The molecule has 10 heteroatoms. The first-order valence-corrected chi connectivity index (χ1v) is 11.8. The molecule has 2 heterocycles. The molecule has 0 radical (unpaired) electrons. The first-order valence-electron chi connectivity index (χ1n) is 8.68. The van der Waals surface area contributed by atoms with Crippen LogP contribution in [0.25, 0.3) is 0 Å². The first kappa shape index (κ1) is 20.7. The Morgan fingerprint density at radius 1 is 1.32 bits per heavy atom. The summed E-state index contributed by atoms with van der Waals surface area (Å²) >= 11 is 0. The number of hydrogen-bond donors (Lipinski definition) is 2. The largest absolute Gasteiger partial charge is 0.292 e. The van der Waals surface area contributed by atoms with E-state index in [-0.39, 0.29) is 28.3 Å². The van der Waals surface area contributed by atoms with Crippen LogP contribution in [0.1, 0.15) is 54.4 Å². The molecule has 1 aliphatic rings. The van der Waals surface area contributed by atoms with Crippen molar-refractivity contribution in [2.24, 2.45) is 0 Å². The number of nitrogens with one attached hydrogen (secondary N) is 1. The molecule has 28 heavy (non-hydrogen) atoms. The van der Waals surface area contributed by atoms with Crippen LogP contribution in [0, 0.1) is 6.92 Å². The van der Waals surface area contributed by atoms with Gasteiger partial charge in [0.2, 0.25) is 4.75 Å². The summed E-state index contributed by atoms with van der Waals surface area (Å²) in [5.41, 5.74) is 0.181. The van der Waals surface area contributed by atoms with E-state index in [0.29, 0.717) is 11.1 Å². The summed E-state index contributed by atoms with van der Waals surface area (Å²) in [5.74, 6) is -0.923. The van der Waals surface area contributed by atoms with Gasteiger partial charge < -0.3 is 0 Å². The van der Waals surface area contributed by atoms with Gasteiger partial charge in [0.25, 0.3) is 10.1 Å². The molecule has 0 amide bonds. The van der Waals surface area contributed by atoms with E-state index in [4.69, 9.17) is 0 Å². The zero-order valence-electron chi connectivity index (χ0n) is 16.0. The van der Waals surface area contributed by atoms with Gasteiger partial charge in [-0.2, -0.15) is 13.5 Å². The second kappa shape index (κ2) is 6.23. The first-order chi connectivity index (χ1) is 12.8. The second-order valence-corrected chi connectivity index (χ2v) is 11.3. The van der Waals surface area contributed by atoms with Crippen molar-refractivity contribution in [2.45, 2.75) is 49.2 Å². The molecule has 3 rings (SSSR count). The van der Waals surface area contributed by atoms with E-state index in [1.165, 1.54) is 31.3 Å². The van der Waals surface area contributed by atoms with E-state index in [1.54, 1.807) is 20.8 Å². The molecular formula is C18H22N2O6S2. The van der Waals surface area contributed by atoms with E-state index in [0.717, 1.165) is 0 Å². The number of aromatic amines is 1. The van der Waals surface area contributed by atoms with E-state index < -0.39 is 35.9 Å². The maximum absolute atomic E-state index is 13.5. The van der Waals surface area contributed by atoms with Crippen molar-refractivity contribution in [2.75, 3.05) is 5.75 Å². The third kappa shape index (κ3) is 2.73. The van der Waals surface area contributed by atoms with Crippen LogP contribution < -0.4 is 0 Å². The van der Waals surface area contributed by atoms with E-state index in [2.05, 4.69) is 10.2 Å². The summed E-state index contributed by atoms with van der Waals surface area (Å²) in [6, 6.07) is 3.99. The Morgan fingerprint density at radius 2 is 1.96 bits per heavy atom. The number of sulfone groups is 1. The molecule has 2 N–H and O–H groups in total. The molecule has 0 aliphatic carbocycles. The van der Waals surface area contributed by atoms with Crippen molar-refractivity contribution >= 4 is 25.7 Å². The van der Waals surface area contributed by atoms with Crippen LogP contribution in [0.15, 0.2) is 29.3 Å². The van der Waals surface area contributed by atoms with Crippen molar-refractivity contribution in [3.8, 4) is 0 Å². The van der Waals surface area contributed by atoms with Gasteiger partial charge in [0, 0.05) is 17.2 Å². The van der Waals surface area contributed by atoms with Gasteiger partial charge >= 0.3 is 0 Å². The van der Waals surface area contributed by atoms with Crippen LogP contribution in [-0.4, -0.2) is 43.1 Å². The highest BCUT2D eigenvalue weighted by Gasteiger charge is 2.53. The average Bonchev–Trinajstić information content (AvgIpc) is 3.13. The zero-order chi connectivity index (χ0) is 21.1. The smallest absolute Gasteiger partial charge is 0.284 e. The van der Waals surface area contributed by atoms with E-state index in [1.807, 2.05) is 0 Å². The Labute approximate surface area is 164 Å². The molecule has 1 unspecified atom stereocenters. The molecule has 0 bridgehead atoms. The van der Waals surface area contributed by atoms with Gasteiger partial charge in [-0.3, -0.25) is 14.4 Å². The van der Waals surface area contributed by atoms with Crippen LogP contribution in [0.4, 0.5) is 0 Å². The maximum Gasteiger partial charge on any atom is 0.284 e. The van der Waals surface area contributed by atoms with Crippen molar-refractivity contribution in [1.29, 1.82) is 0 Å². The van der Waals surface area contributed by atoms with Crippen LogP contribution in [0.5, 0.6) is 0 Å². The molecule has 0 saturated heterocycles. The van der Waals surface area contributed by atoms with Gasteiger partial charge in [-0.25, -0.2) is 8.42 Å². The highest BCUT2D eigenvalue weighted by atomic mass is 32.2. The number of ketones is 1. The van der Waals surface area contributed by atoms with Crippen LogP contribution in [0.2, 0.25) is 0 Å². The van der Waals surface area contributed by atoms with E-state index >= 15 is 0 Å². The Kier molecular flexibility index (Phi) is 4.60. The summed E-state index contributed by atoms with van der Waals surface area (Å²) in [5, 5.41) is 6.20. The van der Waals surface area contributed by atoms with Gasteiger partial charge in [0.1, 0.15) is 0 Å². The average molecular weight is 427 g/mol. The van der Waals surface area contributed by atoms with Gasteiger partial charge in [0.15, 0.2) is 15.6 Å². The maximum atomic E-state index is 13.5. The van der Waals surface area contributed by atoms with Crippen molar-refractivity contribution < 1.29 is 26.2 Å². The molecule has 1 aromatic heterocycles. The predicted molar refractivity (Wildman–Crippen MR) is 103 cm³/mol. The number of hydrogen-bond acceptors (Lipinski definition) is 6. The molecular weight excluding hydrogens is 404 g/mol. The number of Topliss-reactive ketones (excluding diaryl/α,β-unsaturated/α-hetero) is 1. The summed E-state index contributed by atoms with van der Waals surface area (Å²) in [6.07, 6.45) is 1.06. The highest BCUT2D eigenvalue weighted by Crippen LogP contribution is 2.44. The molecule has 0 fully saturated rings. The normalized spacial score (nSPS) is 19.8. The second-order valence-electron chi connectivity index (χ2n) is 7.71. The van der Waals surface area contributed by atoms with Crippen molar-refractivity contribution in [3.05, 3.63) is 46.8 Å². The monoisotopic (exact) mass is 426 g/mol. The number of carbonyl (C=O) groups excluding carboxylic acids is 1. The topological polar surface area (TPSA) is 134 Å². The Bertz CT molecular complexity index is 1160. The third-order valence-electron chi connectivity index (χ3n) is 5.47. The quantitative estimate of drug-likeness (QED) is 0.552. The fourth-order valence-corrected chi connectivity index (χ4v) is 7.63. The van der Waals surface area contributed by atoms with Crippen molar-refractivity contribution in [3.63, 3.8) is 0 Å². The summed E-state index contributed by atoms with van der Waals surface area (Å²) in [6.45, 7) is 6.61. The fourth-order valence-electron chi connectivity index (χ4n) is 4.27. The highest BCUT2D eigenvalue weighted by molar-refractivity contribution is 7.91. The van der Waals surface area contributed by atoms with Crippen LogP contribution in [-0.2, 0) is 30.1 Å². The van der Waals surface area contributed by atoms with Crippen LogP contribution in [0.3, 0.4) is 0 Å². The molecule has 0 spiro atoms. The zero-order valence-corrected chi connectivity index (χ0v) is 17.6. The van der Waals surface area contributed by atoms with Gasteiger partial charge in [0.05, 0.1) is 16.3 Å². The number of H-pyrrole nitrogens is 1. The lowest BCUT2D eigenvalue weighted by Gasteiger charge is -2.28. The minimum atomic E-state index is -4.87. The Balaban J connectivity index is 2.32. The number of carbonyl (C=O) groups is 1. The number of nitrogens with zero attached hydrogens (tertiary/aromatic N) is 1. The van der Waals surface area contributed by atoms with Crippen molar-refractivity contribution in [1.82, 2.24) is 10.2 Å². The molecule has 1 atom stereocenters. The molecule has 8 nitrogen and oxygen atoms in total. The molecule has 152 valence electrons. The molecule has 2 aromatic rings. The van der Waals surface area contributed by atoms with Gasteiger partial charge in [-0.1, -0.05) is 20.8 Å². The number of fused-ring (bicyclic) bond motifs is 1. The number of aromatic nitrogens is 2. The minimum absolute atomic E-state index is 0.0470. The molecule has 1 aliphatic heterocycles. The SMILES string of the molecule is CCC(C(=O)c1ccc2c(c1C)C(C)(C)CS2(=O)=O)(c1ccn[nH]1)S(=O)(=O)O. The van der Waals surface area contributed by atoms with Gasteiger partial charge in [-0.15, -0.1) is 0 Å². The lowest BCUT2D eigenvalue weighted by atomic mass is 9.80. The standard InChI is InChI=1S/C18H22N2O6S2/c1-5-18(28(24,25)26,14-8-9-19-20-14)16(21)12-6-7-13-15(11(12)2)17(3,4)10-27(13,22)23/h6-9H,5,10H2,1-4H3,(H,19,20)(H,24,25,26). The Morgan fingerprint density at radius 3 is 2.46 bits per heavy atom. The predicted octanol–water partition coefficient (Wildman–Crippen LogP) is 2.16. The molecule has 1 aromatic carbocycles. The lowest BCUT2D eigenvalue weighted by molar-refractivity contribution is 0.0925. The summed E-state index contributed by atoms with van der Waals surface area (Å²) in [7, 11) is -8.35. The number of rotatable bonds is 5. The van der Waals surface area contributed by atoms with E-state index in [9.17, 15) is 26.2 Å². The number of benzene rings is 1. The van der Waals surface area contributed by atoms with Crippen LogP contribution >= 0.6 is 0 Å². The van der Waals surface area contributed by atoms with Gasteiger partial charge in [-0.05, 0) is 42.7 Å². The lowest BCUT2D eigenvalue weighted by Crippen LogP contribution is -2.44. The Hall–Kier alpha value is -2.04.